The highest BCUT2D eigenvalue weighted by molar-refractivity contribution is 7.85. The monoisotopic (exact) mass is 627 g/mol. The maximum Gasteiger partial charge on any atom is 0.330 e. The van der Waals surface area contributed by atoms with Crippen LogP contribution in [0.2, 0.25) is 0 Å². The Kier molecular flexibility index (Phi) is 9.72. The first kappa shape index (κ1) is 32.1. The third-order valence-corrected chi connectivity index (χ3v) is 8.60. The summed E-state index contributed by atoms with van der Waals surface area (Å²) in [5, 5.41) is 49.6. The third-order valence-electron chi connectivity index (χ3n) is 5.33. The summed E-state index contributed by atoms with van der Waals surface area (Å²) in [6, 6.07) is 0.883. The molecule has 0 bridgehead atoms. The Morgan fingerprint density at radius 2 is 1.56 bits per heavy atom. The summed E-state index contributed by atoms with van der Waals surface area (Å²) >= 11 is 0. The second-order valence-corrected chi connectivity index (χ2v) is 12.5. The lowest BCUT2D eigenvalue weighted by atomic mass is 10.0. The van der Waals surface area contributed by atoms with Crippen molar-refractivity contribution in [3.63, 3.8) is 0 Å². The van der Waals surface area contributed by atoms with Gasteiger partial charge in [-0.25, -0.2) is 17.5 Å². The maximum atomic E-state index is 12.1. The molecule has 0 spiro atoms. The van der Waals surface area contributed by atoms with Gasteiger partial charge in [-0.15, -0.1) is 0 Å². The largest absolute Gasteiger partial charge is 0.756 e. The van der Waals surface area contributed by atoms with Crippen molar-refractivity contribution in [2.24, 2.45) is 0 Å². The summed E-state index contributed by atoms with van der Waals surface area (Å²) in [7, 11) is -17.1. The Balaban J connectivity index is 1.63. The number of aromatic amines is 1. The zero-order valence-corrected chi connectivity index (χ0v) is 21.6. The van der Waals surface area contributed by atoms with E-state index in [-0.39, 0.29) is 0 Å². The highest BCUT2D eigenvalue weighted by atomic mass is 32.2. The Hall–Kier alpha value is -1.43. The third kappa shape index (κ3) is 8.07. The van der Waals surface area contributed by atoms with E-state index in [9.17, 15) is 67.0 Å². The molecule has 0 amide bonds. The van der Waals surface area contributed by atoms with Gasteiger partial charge in [0.1, 0.15) is 42.7 Å². The van der Waals surface area contributed by atoms with E-state index in [2.05, 4.69) is 18.1 Å². The number of ether oxygens (including phenoxy) is 2. The summed E-state index contributed by atoms with van der Waals surface area (Å²) < 4.78 is 79.7. The summed E-state index contributed by atoms with van der Waals surface area (Å²) in [6.45, 7) is -1.19. The predicted molar refractivity (Wildman–Crippen MR) is 112 cm³/mol. The number of rotatable bonds is 10. The quantitative estimate of drug-likeness (QED) is 0.104. The lowest BCUT2D eigenvalue weighted by molar-refractivity contribution is -0.298. The van der Waals surface area contributed by atoms with Gasteiger partial charge >= 0.3 is 5.69 Å². The number of hydrogen-bond acceptors (Lipinski definition) is 19. The van der Waals surface area contributed by atoms with Crippen molar-refractivity contribution in [2.45, 2.75) is 55.2 Å². The molecule has 0 saturated carbocycles. The average molecular weight is 627 g/mol. The molecule has 2 aliphatic rings. The maximum absolute atomic E-state index is 12.1. The second kappa shape index (κ2) is 11.8. The van der Waals surface area contributed by atoms with Crippen LogP contribution in [0.25, 0.3) is 0 Å². The number of hydrogen-bond donors (Lipinski definition) is 6. The number of nitrogens with one attached hydrogen (secondary N) is 1. The van der Waals surface area contributed by atoms with Crippen LogP contribution >= 0.6 is 15.6 Å². The first-order chi connectivity index (χ1) is 17.8. The normalized spacial score (nSPS) is 36.8. The van der Waals surface area contributed by atoms with Gasteiger partial charge in [-0.3, -0.25) is 28.0 Å². The lowest BCUT2D eigenvalue weighted by Gasteiger charge is -2.42. The van der Waals surface area contributed by atoms with Crippen molar-refractivity contribution >= 4 is 25.8 Å². The predicted octanol–water partition coefficient (Wildman–Crippen LogP) is -6.50. The molecule has 6 N–H and O–H groups in total. The van der Waals surface area contributed by atoms with Crippen LogP contribution in [-0.2, 0) is 42.1 Å². The standard InChI is InChI=1S/C15H24N2O19P2S/c18-7-1-2-17(15(24)16-7)13-11(22)8(19)5(33-13)3-32-37(25,26)36-38(27,28)35-14-12(23)10(21)9(20)6(34-14)4-39(29,30)31/h1-2,5-6,8-14,19-23H,3-4H2,(H,25,26)(H,27,28)(H,16,18,24)(H,29,30,31)/p-3. The molecule has 11 unspecified atom stereocenters. The summed E-state index contributed by atoms with van der Waals surface area (Å²) in [5.41, 5.74) is -1.84. The van der Waals surface area contributed by atoms with E-state index in [0.717, 1.165) is 12.3 Å². The van der Waals surface area contributed by atoms with Crippen LogP contribution in [0.4, 0.5) is 0 Å². The molecule has 0 aromatic carbocycles. The van der Waals surface area contributed by atoms with Gasteiger partial charge in [0.05, 0.1) is 22.5 Å². The van der Waals surface area contributed by atoms with Crippen molar-refractivity contribution in [3.05, 3.63) is 33.1 Å². The summed E-state index contributed by atoms with van der Waals surface area (Å²) in [4.78, 5) is 49.0. The SMILES string of the molecule is O=c1ccn(C2OC(COP(=O)([O-])OP(=O)([O-])OC3OC(CS(=O)(=O)[O-])C(O)C(O)C3O)C(O)C2O)c(=O)[nH]1. The molecule has 2 aliphatic heterocycles. The van der Waals surface area contributed by atoms with Crippen molar-refractivity contribution < 1.29 is 80.3 Å². The van der Waals surface area contributed by atoms with Crippen LogP contribution < -0.4 is 21.0 Å². The molecule has 39 heavy (non-hydrogen) atoms. The van der Waals surface area contributed by atoms with Gasteiger partial charge in [-0.05, 0) is 0 Å². The van der Waals surface area contributed by atoms with Gasteiger partial charge in [0.15, 0.2) is 12.5 Å². The minimum absolute atomic E-state index is 0.661. The number of aliphatic hydroxyl groups excluding tert-OH is 5. The van der Waals surface area contributed by atoms with E-state index in [4.69, 9.17) is 4.74 Å². The molecule has 0 aliphatic carbocycles. The van der Waals surface area contributed by atoms with Gasteiger partial charge in [0.25, 0.3) is 21.2 Å². The van der Waals surface area contributed by atoms with Gasteiger partial charge in [-0.1, -0.05) is 0 Å². The highest BCUT2D eigenvalue weighted by Crippen LogP contribution is 2.57. The second-order valence-electron chi connectivity index (χ2n) is 8.18. The fourth-order valence-electron chi connectivity index (χ4n) is 3.52. The minimum atomic E-state index is -6.09. The van der Waals surface area contributed by atoms with E-state index < -0.39 is 105 Å². The first-order valence-electron chi connectivity index (χ1n) is 10.4. The first-order valence-corrected chi connectivity index (χ1v) is 14.9. The van der Waals surface area contributed by atoms with E-state index >= 15 is 0 Å². The van der Waals surface area contributed by atoms with Crippen LogP contribution in [0.3, 0.4) is 0 Å². The molecular weight excluding hydrogens is 606 g/mol. The fraction of sp³-hybridized carbons (Fsp3) is 0.733. The van der Waals surface area contributed by atoms with Gasteiger partial charge in [0.2, 0.25) is 0 Å². The zero-order chi connectivity index (χ0) is 29.5. The Morgan fingerprint density at radius 3 is 2.15 bits per heavy atom. The molecule has 1 aromatic rings. The molecule has 2 saturated heterocycles. The highest BCUT2D eigenvalue weighted by Gasteiger charge is 2.47. The van der Waals surface area contributed by atoms with Crippen LogP contribution in [0.5, 0.6) is 0 Å². The molecule has 2 fully saturated rings. The Morgan fingerprint density at radius 1 is 0.949 bits per heavy atom. The molecule has 3 rings (SSSR count). The summed E-state index contributed by atoms with van der Waals surface area (Å²) in [5.74, 6) is -1.49. The molecule has 224 valence electrons. The Labute approximate surface area is 216 Å². The number of phosphoric acid groups is 2. The molecule has 11 atom stereocenters. The molecule has 0 radical (unpaired) electrons. The van der Waals surface area contributed by atoms with Crippen LogP contribution in [-0.4, -0.2) is 109 Å². The van der Waals surface area contributed by atoms with E-state index in [1.807, 2.05) is 4.98 Å². The fourth-order valence-corrected chi connectivity index (χ4v) is 6.28. The molecule has 3 heterocycles. The van der Waals surface area contributed by atoms with Crippen LogP contribution in [0.15, 0.2) is 21.9 Å². The zero-order valence-electron chi connectivity index (χ0n) is 19.0. The molecule has 21 nitrogen and oxygen atoms in total. The minimum Gasteiger partial charge on any atom is -0.756 e. The topological polar surface area (TPSA) is 340 Å². The number of phosphoric ester groups is 2. The average Bonchev–Trinajstić information content (AvgIpc) is 3.06. The van der Waals surface area contributed by atoms with Crippen LogP contribution in [0, 0.1) is 0 Å². The van der Waals surface area contributed by atoms with Gasteiger partial charge < -0.3 is 53.9 Å². The number of aromatic nitrogens is 2. The lowest BCUT2D eigenvalue weighted by Crippen LogP contribution is -2.59. The smallest absolute Gasteiger partial charge is 0.330 e. The van der Waals surface area contributed by atoms with E-state index in [1.54, 1.807) is 0 Å². The number of H-pyrrole nitrogens is 1. The van der Waals surface area contributed by atoms with E-state index in [0.29, 0.717) is 4.57 Å². The van der Waals surface area contributed by atoms with Gasteiger partial charge in [0, 0.05) is 12.3 Å². The molecular formula is C15H21N2O19P2S-3. The van der Waals surface area contributed by atoms with Crippen molar-refractivity contribution in [1.29, 1.82) is 0 Å². The van der Waals surface area contributed by atoms with Crippen molar-refractivity contribution in [2.75, 3.05) is 12.4 Å². The number of nitrogens with zero attached hydrogens (tertiary/aromatic N) is 1. The molecule has 24 heteroatoms. The van der Waals surface area contributed by atoms with Crippen molar-refractivity contribution in [3.8, 4) is 0 Å². The van der Waals surface area contributed by atoms with E-state index in [1.165, 1.54) is 0 Å². The van der Waals surface area contributed by atoms with Crippen molar-refractivity contribution in [1.82, 2.24) is 9.55 Å². The summed E-state index contributed by atoms with van der Waals surface area (Å²) in [6.07, 6.45) is -17.7. The van der Waals surface area contributed by atoms with Crippen LogP contribution in [0.1, 0.15) is 6.23 Å². The molecule has 1 aromatic heterocycles. The Bertz CT molecular complexity index is 1350. The van der Waals surface area contributed by atoms with Gasteiger partial charge in [-0.2, -0.15) is 0 Å². The number of aliphatic hydroxyl groups is 5.